The first kappa shape index (κ1) is 20.0. The average Bonchev–Trinajstić information content (AvgIpc) is 3.18. The van der Waals surface area contributed by atoms with Gasteiger partial charge >= 0.3 is 0 Å². The minimum Gasteiger partial charge on any atom is -0.370 e. The maximum atomic E-state index is 12.0. The molecule has 0 radical (unpaired) electrons. The third-order valence-corrected chi connectivity index (χ3v) is 10.2. The Morgan fingerprint density at radius 1 is 1.14 bits per heavy atom. The van der Waals surface area contributed by atoms with Gasteiger partial charge in [0.2, 0.25) is 0 Å². The lowest BCUT2D eigenvalue weighted by molar-refractivity contribution is -0.122. The van der Waals surface area contributed by atoms with Crippen molar-refractivity contribution in [2.75, 3.05) is 6.61 Å². The number of carbonyl (C=O) groups excluding carboxylic acids is 1. The van der Waals surface area contributed by atoms with E-state index in [0.717, 1.165) is 37.2 Å². The highest BCUT2D eigenvalue weighted by Crippen LogP contribution is 2.70. The lowest BCUT2D eigenvalue weighted by Crippen LogP contribution is -2.53. The zero-order valence-electron chi connectivity index (χ0n) is 19.0. The first-order valence-electron chi connectivity index (χ1n) is 12.3. The third kappa shape index (κ3) is 2.87. The molecule has 8 atom stereocenters. The van der Waals surface area contributed by atoms with E-state index in [0.29, 0.717) is 29.0 Å². The van der Waals surface area contributed by atoms with Gasteiger partial charge in [-0.25, -0.2) is 0 Å². The van der Waals surface area contributed by atoms with Crippen LogP contribution in [0, 0.1) is 46.3 Å². The Balaban J connectivity index is 1.40. The minimum atomic E-state index is -0.0608. The van der Waals surface area contributed by atoms with Gasteiger partial charge in [-0.1, -0.05) is 39.0 Å². The summed E-state index contributed by atoms with van der Waals surface area (Å²) >= 11 is 0. The van der Waals surface area contributed by atoms with Crippen LogP contribution >= 0.6 is 0 Å². The summed E-state index contributed by atoms with van der Waals surface area (Å²) in [6, 6.07) is 0. The fraction of sp³-hybridized carbons (Fsp3) is 0.815. The number of allylic oxidation sites excluding steroid dienone is 3. The molecule has 29 heavy (non-hydrogen) atoms. The smallest absolute Gasteiger partial charge is 0.155 e. The number of hydrogen-bond donors (Lipinski definition) is 0. The predicted molar refractivity (Wildman–Crippen MR) is 117 cm³/mol. The molecule has 4 fully saturated rings. The second-order valence-electron chi connectivity index (χ2n) is 11.9. The van der Waals surface area contributed by atoms with Crippen LogP contribution in [-0.4, -0.2) is 18.0 Å². The molecule has 1 aliphatic heterocycles. The summed E-state index contributed by atoms with van der Waals surface area (Å²) in [5.41, 5.74) is 0.598. The lowest BCUT2D eigenvalue weighted by atomic mass is 9.45. The van der Waals surface area contributed by atoms with Crippen LogP contribution in [-0.2, 0) is 9.53 Å². The van der Waals surface area contributed by atoms with Crippen molar-refractivity contribution < 1.29 is 9.53 Å². The van der Waals surface area contributed by atoms with Crippen molar-refractivity contribution in [3.05, 3.63) is 24.3 Å². The monoisotopic (exact) mass is 396 g/mol. The van der Waals surface area contributed by atoms with Crippen molar-refractivity contribution in [3.8, 4) is 0 Å². The van der Waals surface area contributed by atoms with Crippen LogP contribution in [0.5, 0.6) is 0 Å². The molecule has 5 aliphatic rings. The summed E-state index contributed by atoms with van der Waals surface area (Å²) in [5, 5.41) is 0. The number of hydrogen-bond acceptors (Lipinski definition) is 2. The Morgan fingerprint density at radius 3 is 2.76 bits per heavy atom. The largest absolute Gasteiger partial charge is 0.370 e. The Kier molecular flexibility index (Phi) is 4.70. The highest BCUT2D eigenvalue weighted by Gasteiger charge is 2.66. The number of rotatable bonds is 3. The van der Waals surface area contributed by atoms with Gasteiger partial charge in [-0.15, -0.1) is 0 Å². The molecule has 3 saturated carbocycles. The van der Waals surface area contributed by atoms with Gasteiger partial charge in [0.05, 0.1) is 12.2 Å². The molecule has 160 valence electrons. The molecule has 1 heterocycles. The summed E-state index contributed by atoms with van der Waals surface area (Å²) in [6.07, 6.45) is 19.0. The third-order valence-electron chi connectivity index (χ3n) is 10.2. The number of fused-ring (bicyclic) bond motifs is 4. The Morgan fingerprint density at radius 2 is 1.97 bits per heavy atom. The SMILES string of the molecule is CC(C)C/C=C/[C@]1(C)OC[C@]23CC[C@H]4[C@@H](CCC5CC(=O)C=C[C@@]54C)[C@@H]2CC[C@@H]31. The average molecular weight is 397 g/mol. The Labute approximate surface area is 177 Å². The van der Waals surface area contributed by atoms with Gasteiger partial charge in [-0.3, -0.25) is 4.79 Å². The standard InChI is InChI=1S/C27H40O2/c1-18(2)6-5-13-26(4)24-10-9-23-21-8-7-19-16-20(28)11-14-25(19,3)22(21)12-15-27(23,24)17-29-26/h5,11,13-14,18-19,21-24H,6-10,12,15-17H2,1-4H3/b13-5+/t19?,21-,22+,23+,24-,25+,26+,27-/m1/s1. The van der Waals surface area contributed by atoms with E-state index < -0.39 is 0 Å². The van der Waals surface area contributed by atoms with Gasteiger partial charge in [0.1, 0.15) is 0 Å². The molecule has 1 unspecified atom stereocenters. The summed E-state index contributed by atoms with van der Waals surface area (Å²) in [7, 11) is 0. The van der Waals surface area contributed by atoms with Crippen molar-refractivity contribution in [1.29, 1.82) is 0 Å². The molecule has 0 aromatic carbocycles. The molecule has 1 spiro atoms. The quantitative estimate of drug-likeness (QED) is 0.519. The van der Waals surface area contributed by atoms with E-state index in [1.165, 1.54) is 38.5 Å². The van der Waals surface area contributed by atoms with Crippen LogP contribution < -0.4 is 0 Å². The molecule has 0 N–H and O–H groups in total. The zero-order chi connectivity index (χ0) is 20.4. The van der Waals surface area contributed by atoms with E-state index in [1.54, 1.807) is 0 Å². The first-order valence-corrected chi connectivity index (χ1v) is 12.3. The van der Waals surface area contributed by atoms with Crippen LogP contribution in [0.3, 0.4) is 0 Å². The van der Waals surface area contributed by atoms with E-state index in [4.69, 9.17) is 4.74 Å². The Bertz CT molecular complexity index is 735. The maximum absolute atomic E-state index is 12.0. The number of carbonyl (C=O) groups is 1. The number of ether oxygens (including phenoxy) is 1. The molecule has 2 heteroatoms. The van der Waals surface area contributed by atoms with Crippen LogP contribution in [0.2, 0.25) is 0 Å². The highest BCUT2D eigenvalue weighted by molar-refractivity contribution is 5.91. The lowest BCUT2D eigenvalue weighted by Gasteiger charge is -2.58. The van der Waals surface area contributed by atoms with Gasteiger partial charge in [-0.05, 0) is 98.9 Å². The molecule has 0 aromatic rings. The van der Waals surface area contributed by atoms with Crippen molar-refractivity contribution in [1.82, 2.24) is 0 Å². The summed E-state index contributed by atoms with van der Waals surface area (Å²) in [5.74, 6) is 4.77. The van der Waals surface area contributed by atoms with E-state index in [9.17, 15) is 4.79 Å². The predicted octanol–water partition coefficient (Wildman–Crippen LogP) is 6.36. The molecule has 0 aromatic heterocycles. The topological polar surface area (TPSA) is 26.3 Å². The summed E-state index contributed by atoms with van der Waals surface area (Å²) < 4.78 is 6.63. The summed E-state index contributed by atoms with van der Waals surface area (Å²) in [4.78, 5) is 12.0. The molecule has 4 aliphatic carbocycles. The van der Waals surface area contributed by atoms with E-state index in [1.807, 2.05) is 6.08 Å². The molecular formula is C27H40O2. The Hall–Kier alpha value is -0.890. The van der Waals surface area contributed by atoms with Gasteiger partial charge in [0.25, 0.3) is 0 Å². The van der Waals surface area contributed by atoms with Crippen LogP contribution in [0.15, 0.2) is 24.3 Å². The van der Waals surface area contributed by atoms with E-state index in [2.05, 4.69) is 45.9 Å². The van der Waals surface area contributed by atoms with Crippen molar-refractivity contribution in [3.63, 3.8) is 0 Å². The van der Waals surface area contributed by atoms with Crippen molar-refractivity contribution in [2.24, 2.45) is 46.3 Å². The minimum absolute atomic E-state index is 0.0608. The van der Waals surface area contributed by atoms with E-state index in [-0.39, 0.29) is 11.0 Å². The maximum Gasteiger partial charge on any atom is 0.155 e. The molecule has 5 rings (SSSR count). The number of ketones is 1. The van der Waals surface area contributed by atoms with Crippen LogP contribution in [0.25, 0.3) is 0 Å². The van der Waals surface area contributed by atoms with Gasteiger partial charge in [-0.2, -0.15) is 0 Å². The van der Waals surface area contributed by atoms with Crippen LogP contribution in [0.4, 0.5) is 0 Å². The zero-order valence-corrected chi connectivity index (χ0v) is 19.0. The second-order valence-corrected chi connectivity index (χ2v) is 11.9. The van der Waals surface area contributed by atoms with Gasteiger partial charge in [0.15, 0.2) is 5.78 Å². The molecule has 1 saturated heterocycles. The molecule has 0 bridgehead atoms. The molecule has 0 amide bonds. The normalized spacial score (nSPS) is 51.2. The van der Waals surface area contributed by atoms with Crippen molar-refractivity contribution >= 4 is 5.78 Å². The van der Waals surface area contributed by atoms with Gasteiger partial charge < -0.3 is 4.74 Å². The highest BCUT2D eigenvalue weighted by atomic mass is 16.5. The molecule has 2 nitrogen and oxygen atoms in total. The first-order chi connectivity index (χ1) is 13.8. The second kappa shape index (κ2) is 6.81. The fourth-order valence-electron chi connectivity index (χ4n) is 8.71. The molecular weight excluding hydrogens is 356 g/mol. The van der Waals surface area contributed by atoms with Crippen LogP contribution in [0.1, 0.15) is 79.1 Å². The van der Waals surface area contributed by atoms with E-state index >= 15 is 0 Å². The summed E-state index contributed by atoms with van der Waals surface area (Å²) in [6.45, 7) is 10.4. The van der Waals surface area contributed by atoms with Gasteiger partial charge in [0, 0.05) is 11.8 Å². The van der Waals surface area contributed by atoms with Crippen molar-refractivity contribution in [2.45, 2.75) is 84.7 Å². The fourth-order valence-corrected chi connectivity index (χ4v) is 8.71.